The monoisotopic (exact) mass is 424 g/mol. The fourth-order valence-electron chi connectivity index (χ4n) is 3.56. The number of carbonyl (C=O) groups excluding carboxylic acids is 1. The van der Waals surface area contributed by atoms with Crippen molar-refractivity contribution in [1.29, 1.82) is 0 Å². The molecular formula is C24H25FN2O4. The van der Waals surface area contributed by atoms with Crippen LogP contribution in [0.15, 0.2) is 65.1 Å². The molecule has 0 aliphatic carbocycles. The number of piperazine rings is 1. The summed E-state index contributed by atoms with van der Waals surface area (Å²) in [5.41, 5.74) is 1.05. The minimum atomic E-state index is -0.320. The molecule has 2 heterocycles. The van der Waals surface area contributed by atoms with E-state index in [2.05, 4.69) is 4.90 Å². The number of furan rings is 1. The molecule has 1 amide bonds. The van der Waals surface area contributed by atoms with E-state index in [1.807, 2.05) is 31.2 Å². The van der Waals surface area contributed by atoms with Gasteiger partial charge in [0.2, 0.25) is 0 Å². The summed E-state index contributed by atoms with van der Waals surface area (Å²) >= 11 is 0. The first kappa shape index (κ1) is 20.8. The molecule has 0 unspecified atom stereocenters. The summed E-state index contributed by atoms with van der Waals surface area (Å²) in [5.74, 6) is 1.78. The Labute approximate surface area is 180 Å². The number of hydrogen-bond acceptors (Lipinski definition) is 5. The van der Waals surface area contributed by atoms with Crippen LogP contribution in [0.5, 0.6) is 11.5 Å². The third-order valence-electron chi connectivity index (χ3n) is 5.14. The molecule has 4 rings (SSSR count). The maximum absolute atomic E-state index is 13.0. The van der Waals surface area contributed by atoms with Gasteiger partial charge in [-0.3, -0.25) is 4.79 Å². The largest absolute Gasteiger partial charge is 0.492 e. The maximum atomic E-state index is 13.0. The number of benzene rings is 2. The fraction of sp³-hybridized carbons (Fsp3) is 0.292. The van der Waals surface area contributed by atoms with E-state index in [0.717, 1.165) is 24.5 Å². The first-order valence-electron chi connectivity index (χ1n) is 10.4. The molecule has 0 N–H and O–H groups in total. The Hall–Kier alpha value is -3.48. The number of hydrogen-bond donors (Lipinski definition) is 0. The molecular weight excluding hydrogens is 399 g/mol. The van der Waals surface area contributed by atoms with E-state index in [1.54, 1.807) is 29.2 Å². The van der Waals surface area contributed by atoms with Gasteiger partial charge in [0.25, 0.3) is 5.91 Å². The van der Waals surface area contributed by atoms with Crippen LogP contribution < -0.4 is 14.4 Å². The summed E-state index contributed by atoms with van der Waals surface area (Å²) in [6, 6.07) is 17.1. The van der Waals surface area contributed by atoms with Gasteiger partial charge in [-0.25, -0.2) is 4.39 Å². The first-order valence-corrected chi connectivity index (χ1v) is 10.4. The van der Waals surface area contributed by atoms with Gasteiger partial charge < -0.3 is 23.7 Å². The lowest BCUT2D eigenvalue weighted by Crippen LogP contribution is -2.48. The Morgan fingerprint density at radius 2 is 1.71 bits per heavy atom. The standard InChI is InChI=1S/C24H25FN2O4/c1-2-29-22-6-4-3-5-21(22)26-13-15-27(16-14-26)24(28)23-12-11-20(31-23)17-30-19-9-7-18(25)8-10-19/h3-12H,2,13-17H2,1H3. The number of anilines is 1. The highest BCUT2D eigenvalue weighted by Gasteiger charge is 2.25. The highest BCUT2D eigenvalue weighted by molar-refractivity contribution is 5.91. The average Bonchev–Trinajstić information content (AvgIpc) is 3.28. The Kier molecular flexibility index (Phi) is 6.40. The smallest absolute Gasteiger partial charge is 0.289 e. The van der Waals surface area contributed by atoms with Gasteiger partial charge in [0.05, 0.1) is 12.3 Å². The van der Waals surface area contributed by atoms with Gasteiger partial charge in [-0.2, -0.15) is 0 Å². The number of ether oxygens (including phenoxy) is 2. The quantitative estimate of drug-likeness (QED) is 0.564. The van der Waals surface area contributed by atoms with E-state index in [0.29, 0.717) is 37.0 Å². The normalized spacial score (nSPS) is 13.9. The molecule has 0 atom stereocenters. The molecule has 7 heteroatoms. The molecule has 3 aromatic rings. The predicted octanol–water partition coefficient (Wildman–Crippen LogP) is 4.36. The minimum Gasteiger partial charge on any atom is -0.492 e. The van der Waals surface area contributed by atoms with Gasteiger partial charge in [0.15, 0.2) is 5.76 Å². The van der Waals surface area contributed by atoms with Crippen molar-refractivity contribution in [2.24, 2.45) is 0 Å². The third kappa shape index (κ3) is 4.99. The molecule has 1 aromatic heterocycles. The minimum absolute atomic E-state index is 0.134. The van der Waals surface area contributed by atoms with E-state index in [9.17, 15) is 9.18 Å². The van der Waals surface area contributed by atoms with Crippen molar-refractivity contribution in [3.05, 3.63) is 78.0 Å². The number of rotatable bonds is 7. The number of carbonyl (C=O) groups is 1. The maximum Gasteiger partial charge on any atom is 0.289 e. The van der Waals surface area contributed by atoms with Crippen LogP contribution in [0.25, 0.3) is 0 Å². The molecule has 1 saturated heterocycles. The van der Waals surface area contributed by atoms with Gasteiger partial charge in [-0.05, 0) is 55.5 Å². The Morgan fingerprint density at radius 3 is 2.45 bits per heavy atom. The van der Waals surface area contributed by atoms with Crippen molar-refractivity contribution in [2.75, 3.05) is 37.7 Å². The molecule has 162 valence electrons. The van der Waals surface area contributed by atoms with Crippen LogP contribution >= 0.6 is 0 Å². The Balaban J connectivity index is 1.32. The van der Waals surface area contributed by atoms with Crippen molar-refractivity contribution in [3.63, 3.8) is 0 Å². The summed E-state index contributed by atoms with van der Waals surface area (Å²) in [6.45, 7) is 5.38. The molecule has 2 aromatic carbocycles. The highest BCUT2D eigenvalue weighted by atomic mass is 19.1. The van der Waals surface area contributed by atoms with E-state index >= 15 is 0 Å². The second kappa shape index (κ2) is 9.55. The van der Waals surface area contributed by atoms with Gasteiger partial charge in [-0.15, -0.1) is 0 Å². The van der Waals surface area contributed by atoms with E-state index in [-0.39, 0.29) is 18.3 Å². The molecule has 6 nitrogen and oxygen atoms in total. The summed E-state index contributed by atoms with van der Waals surface area (Å²) in [5, 5.41) is 0. The van der Waals surface area contributed by atoms with E-state index in [1.165, 1.54) is 12.1 Å². The molecule has 0 spiro atoms. The Bertz CT molecular complexity index is 1010. The zero-order valence-electron chi connectivity index (χ0n) is 17.4. The second-order valence-corrected chi connectivity index (χ2v) is 7.19. The zero-order chi connectivity index (χ0) is 21.6. The lowest BCUT2D eigenvalue weighted by Gasteiger charge is -2.36. The SMILES string of the molecule is CCOc1ccccc1N1CCN(C(=O)c2ccc(COc3ccc(F)cc3)o2)CC1. The summed E-state index contributed by atoms with van der Waals surface area (Å²) in [4.78, 5) is 16.9. The van der Waals surface area contributed by atoms with Crippen molar-refractivity contribution in [3.8, 4) is 11.5 Å². The molecule has 1 fully saturated rings. The molecule has 1 aliphatic rings. The van der Waals surface area contributed by atoms with E-state index < -0.39 is 0 Å². The lowest BCUT2D eigenvalue weighted by molar-refractivity contribution is 0.0710. The van der Waals surface area contributed by atoms with Crippen LogP contribution in [0.2, 0.25) is 0 Å². The van der Waals surface area contributed by atoms with Crippen molar-refractivity contribution < 1.29 is 23.1 Å². The van der Waals surface area contributed by atoms with Crippen molar-refractivity contribution in [2.45, 2.75) is 13.5 Å². The number of halogens is 1. The first-order chi connectivity index (χ1) is 15.1. The van der Waals surface area contributed by atoms with Crippen LogP contribution in [-0.2, 0) is 6.61 Å². The number of amides is 1. The summed E-state index contributed by atoms with van der Waals surface area (Å²) in [7, 11) is 0. The van der Waals surface area contributed by atoms with Crippen LogP contribution in [-0.4, -0.2) is 43.6 Å². The fourth-order valence-corrected chi connectivity index (χ4v) is 3.56. The second-order valence-electron chi connectivity index (χ2n) is 7.19. The van der Waals surface area contributed by atoms with Gasteiger partial charge in [-0.1, -0.05) is 12.1 Å². The number of nitrogens with zero attached hydrogens (tertiary/aromatic N) is 2. The van der Waals surface area contributed by atoms with Gasteiger partial charge in [0.1, 0.15) is 29.7 Å². The van der Waals surface area contributed by atoms with Crippen LogP contribution in [0, 0.1) is 5.82 Å². The average molecular weight is 424 g/mol. The molecule has 1 aliphatic heterocycles. The third-order valence-corrected chi connectivity index (χ3v) is 5.14. The van der Waals surface area contributed by atoms with Crippen LogP contribution in [0.3, 0.4) is 0 Å². The molecule has 0 radical (unpaired) electrons. The highest BCUT2D eigenvalue weighted by Crippen LogP contribution is 2.29. The topological polar surface area (TPSA) is 55.2 Å². The summed E-state index contributed by atoms with van der Waals surface area (Å²) < 4.78 is 30.0. The molecule has 0 saturated carbocycles. The zero-order valence-corrected chi connectivity index (χ0v) is 17.4. The van der Waals surface area contributed by atoms with Crippen molar-refractivity contribution >= 4 is 11.6 Å². The lowest BCUT2D eigenvalue weighted by atomic mass is 10.2. The summed E-state index contributed by atoms with van der Waals surface area (Å²) in [6.07, 6.45) is 0. The van der Waals surface area contributed by atoms with E-state index in [4.69, 9.17) is 13.9 Å². The molecule has 31 heavy (non-hydrogen) atoms. The predicted molar refractivity (Wildman–Crippen MR) is 115 cm³/mol. The molecule has 0 bridgehead atoms. The number of para-hydroxylation sites is 2. The van der Waals surface area contributed by atoms with Crippen LogP contribution in [0.4, 0.5) is 10.1 Å². The van der Waals surface area contributed by atoms with Crippen LogP contribution in [0.1, 0.15) is 23.2 Å². The van der Waals surface area contributed by atoms with Gasteiger partial charge >= 0.3 is 0 Å². The Morgan fingerprint density at radius 1 is 0.968 bits per heavy atom. The van der Waals surface area contributed by atoms with Gasteiger partial charge in [0, 0.05) is 26.2 Å². The van der Waals surface area contributed by atoms with Crippen molar-refractivity contribution in [1.82, 2.24) is 4.90 Å².